The fourth-order valence-corrected chi connectivity index (χ4v) is 2.01. The number of amides is 1. The standard InChI is InChI=1S/C17H15ClN4O/c1-11-6-7-14(18)8-15(11)22-17(23)13(9-19)10-20-16-5-3-4-12(2)21-16/h3-8,10H,1-2H3,(H,20,21)(H,22,23)/b13-10-. The van der Waals surface area contributed by atoms with Gasteiger partial charge in [0.2, 0.25) is 0 Å². The Kier molecular flexibility index (Phi) is 5.34. The van der Waals surface area contributed by atoms with Gasteiger partial charge in [-0.3, -0.25) is 4.79 Å². The molecule has 6 heteroatoms. The minimum Gasteiger partial charge on any atom is -0.345 e. The average molecular weight is 327 g/mol. The van der Waals surface area contributed by atoms with Gasteiger partial charge >= 0.3 is 0 Å². The van der Waals surface area contributed by atoms with Gasteiger partial charge in [0.15, 0.2) is 0 Å². The minimum absolute atomic E-state index is 0.0623. The zero-order chi connectivity index (χ0) is 16.8. The number of halogens is 1. The molecule has 0 saturated carbocycles. The molecule has 0 saturated heterocycles. The lowest BCUT2D eigenvalue weighted by Crippen LogP contribution is -2.15. The summed E-state index contributed by atoms with van der Waals surface area (Å²) in [5.74, 6) is 0.0440. The van der Waals surface area contributed by atoms with Crippen molar-refractivity contribution < 1.29 is 4.79 Å². The van der Waals surface area contributed by atoms with Crippen molar-refractivity contribution in [1.29, 1.82) is 5.26 Å². The zero-order valence-corrected chi connectivity index (χ0v) is 13.5. The molecule has 0 bridgehead atoms. The molecular formula is C17H15ClN4O. The summed E-state index contributed by atoms with van der Waals surface area (Å²) < 4.78 is 0. The number of pyridine rings is 1. The maximum absolute atomic E-state index is 12.2. The van der Waals surface area contributed by atoms with Gasteiger partial charge in [-0.25, -0.2) is 4.98 Å². The first kappa shape index (κ1) is 16.5. The van der Waals surface area contributed by atoms with E-state index in [9.17, 15) is 4.79 Å². The summed E-state index contributed by atoms with van der Waals surface area (Å²) in [6, 6.07) is 12.5. The Labute approximate surface area is 139 Å². The minimum atomic E-state index is -0.516. The topological polar surface area (TPSA) is 77.8 Å². The number of nitriles is 1. The summed E-state index contributed by atoms with van der Waals surface area (Å²) in [5.41, 5.74) is 2.19. The molecule has 2 rings (SSSR count). The van der Waals surface area contributed by atoms with E-state index in [1.807, 2.05) is 32.0 Å². The molecule has 0 atom stereocenters. The Bertz CT molecular complexity index is 808. The van der Waals surface area contributed by atoms with Crippen molar-refractivity contribution in [2.24, 2.45) is 0 Å². The molecule has 0 aliphatic carbocycles. The van der Waals surface area contributed by atoms with Crippen molar-refractivity contribution in [2.45, 2.75) is 13.8 Å². The van der Waals surface area contributed by atoms with Gasteiger partial charge in [0.1, 0.15) is 17.5 Å². The first-order valence-corrected chi connectivity index (χ1v) is 7.25. The van der Waals surface area contributed by atoms with Gasteiger partial charge in [0, 0.05) is 22.6 Å². The average Bonchev–Trinajstić information content (AvgIpc) is 2.51. The summed E-state index contributed by atoms with van der Waals surface area (Å²) in [4.78, 5) is 16.4. The lowest BCUT2D eigenvalue weighted by atomic mass is 10.2. The van der Waals surface area contributed by atoms with Crippen LogP contribution in [0.25, 0.3) is 0 Å². The van der Waals surface area contributed by atoms with Crippen molar-refractivity contribution >= 4 is 29.0 Å². The second kappa shape index (κ2) is 7.43. The number of anilines is 2. The summed E-state index contributed by atoms with van der Waals surface area (Å²) in [6.45, 7) is 3.70. The van der Waals surface area contributed by atoms with Crippen LogP contribution in [0.3, 0.4) is 0 Å². The smallest absolute Gasteiger partial charge is 0.267 e. The molecule has 1 aromatic carbocycles. The molecule has 1 aromatic heterocycles. The highest BCUT2D eigenvalue weighted by Crippen LogP contribution is 2.20. The third-order valence-electron chi connectivity index (χ3n) is 3.07. The van der Waals surface area contributed by atoms with E-state index in [4.69, 9.17) is 16.9 Å². The number of aryl methyl sites for hydroxylation is 2. The molecule has 116 valence electrons. The van der Waals surface area contributed by atoms with E-state index < -0.39 is 5.91 Å². The van der Waals surface area contributed by atoms with Crippen molar-refractivity contribution in [3.63, 3.8) is 0 Å². The maximum Gasteiger partial charge on any atom is 0.267 e. The van der Waals surface area contributed by atoms with Crippen molar-refractivity contribution in [2.75, 3.05) is 10.6 Å². The number of carbonyl (C=O) groups is 1. The van der Waals surface area contributed by atoms with Crippen molar-refractivity contribution in [3.05, 3.63) is 64.5 Å². The Hall–Kier alpha value is -2.84. The predicted molar refractivity (Wildman–Crippen MR) is 91.1 cm³/mol. The predicted octanol–water partition coefficient (Wildman–Crippen LogP) is 3.81. The third kappa shape index (κ3) is 4.56. The Morgan fingerprint density at radius 1 is 1.30 bits per heavy atom. The molecule has 2 N–H and O–H groups in total. The number of carbonyl (C=O) groups excluding carboxylic acids is 1. The second-order valence-electron chi connectivity index (χ2n) is 4.89. The van der Waals surface area contributed by atoms with Crippen LogP contribution in [0.4, 0.5) is 11.5 Å². The Morgan fingerprint density at radius 3 is 2.78 bits per heavy atom. The molecule has 0 aliphatic heterocycles. The fourth-order valence-electron chi connectivity index (χ4n) is 1.84. The lowest BCUT2D eigenvalue weighted by Gasteiger charge is -2.08. The van der Waals surface area contributed by atoms with Gasteiger partial charge < -0.3 is 10.6 Å². The number of rotatable bonds is 4. The number of hydrogen-bond acceptors (Lipinski definition) is 4. The van der Waals surface area contributed by atoms with E-state index >= 15 is 0 Å². The molecule has 0 spiro atoms. The van der Waals surface area contributed by atoms with Gasteiger partial charge in [0.05, 0.1) is 0 Å². The quantitative estimate of drug-likeness (QED) is 0.661. The van der Waals surface area contributed by atoms with Crippen LogP contribution in [0.2, 0.25) is 5.02 Å². The highest BCUT2D eigenvalue weighted by atomic mass is 35.5. The second-order valence-corrected chi connectivity index (χ2v) is 5.33. The summed E-state index contributed by atoms with van der Waals surface area (Å²) in [7, 11) is 0. The molecule has 0 fully saturated rings. The van der Waals surface area contributed by atoms with Crippen LogP contribution in [0.1, 0.15) is 11.3 Å². The van der Waals surface area contributed by atoms with Crippen LogP contribution < -0.4 is 10.6 Å². The van der Waals surface area contributed by atoms with Crippen LogP contribution in [0.5, 0.6) is 0 Å². The van der Waals surface area contributed by atoms with Crippen LogP contribution in [-0.2, 0) is 4.79 Å². The monoisotopic (exact) mass is 326 g/mol. The van der Waals surface area contributed by atoms with Crippen LogP contribution in [0.15, 0.2) is 48.2 Å². The normalized spacial score (nSPS) is 10.8. The first-order valence-electron chi connectivity index (χ1n) is 6.87. The third-order valence-corrected chi connectivity index (χ3v) is 3.30. The van der Waals surface area contributed by atoms with E-state index in [-0.39, 0.29) is 5.57 Å². The largest absolute Gasteiger partial charge is 0.345 e. The zero-order valence-electron chi connectivity index (χ0n) is 12.7. The number of hydrogen-bond donors (Lipinski definition) is 2. The Balaban J connectivity index is 2.14. The van der Waals surface area contributed by atoms with Gasteiger partial charge in [-0.1, -0.05) is 23.7 Å². The van der Waals surface area contributed by atoms with Crippen molar-refractivity contribution in [1.82, 2.24) is 4.98 Å². The summed E-state index contributed by atoms with van der Waals surface area (Å²) in [6.07, 6.45) is 1.33. The molecule has 1 heterocycles. The number of benzene rings is 1. The van der Waals surface area contributed by atoms with E-state index in [1.165, 1.54) is 6.20 Å². The van der Waals surface area contributed by atoms with E-state index in [0.29, 0.717) is 16.5 Å². The van der Waals surface area contributed by atoms with Crippen LogP contribution in [-0.4, -0.2) is 10.9 Å². The summed E-state index contributed by atoms with van der Waals surface area (Å²) in [5, 5.41) is 15.2. The van der Waals surface area contributed by atoms with Gasteiger partial charge in [-0.15, -0.1) is 0 Å². The molecule has 5 nitrogen and oxygen atoms in total. The maximum atomic E-state index is 12.2. The number of nitrogens with zero attached hydrogens (tertiary/aromatic N) is 2. The highest BCUT2D eigenvalue weighted by molar-refractivity contribution is 6.31. The van der Waals surface area contributed by atoms with E-state index in [2.05, 4.69) is 15.6 Å². The molecule has 0 aliphatic rings. The van der Waals surface area contributed by atoms with E-state index in [0.717, 1.165) is 11.3 Å². The molecule has 23 heavy (non-hydrogen) atoms. The van der Waals surface area contributed by atoms with Gasteiger partial charge in [-0.05, 0) is 43.7 Å². The van der Waals surface area contributed by atoms with E-state index in [1.54, 1.807) is 24.3 Å². The van der Waals surface area contributed by atoms with Crippen LogP contribution in [0, 0.1) is 25.2 Å². The highest BCUT2D eigenvalue weighted by Gasteiger charge is 2.11. The van der Waals surface area contributed by atoms with Gasteiger partial charge in [0.25, 0.3) is 5.91 Å². The molecule has 1 amide bonds. The molecule has 0 radical (unpaired) electrons. The van der Waals surface area contributed by atoms with Gasteiger partial charge in [-0.2, -0.15) is 5.26 Å². The van der Waals surface area contributed by atoms with Crippen LogP contribution >= 0.6 is 11.6 Å². The molecule has 2 aromatic rings. The lowest BCUT2D eigenvalue weighted by molar-refractivity contribution is -0.112. The Morgan fingerprint density at radius 2 is 2.09 bits per heavy atom. The molecule has 0 unspecified atom stereocenters. The SMILES string of the molecule is Cc1cccc(N/C=C(/C#N)C(=O)Nc2cc(Cl)ccc2C)n1. The number of nitrogens with one attached hydrogen (secondary N) is 2. The summed E-state index contributed by atoms with van der Waals surface area (Å²) >= 11 is 5.92. The van der Waals surface area contributed by atoms with Crippen molar-refractivity contribution in [3.8, 4) is 6.07 Å². The molecular weight excluding hydrogens is 312 g/mol. The first-order chi connectivity index (χ1) is 11.0. The fraction of sp³-hybridized carbons (Fsp3) is 0.118. The number of aromatic nitrogens is 1.